The number of hydrogen-bond donors (Lipinski definition) is 0. The van der Waals surface area contributed by atoms with Crippen LogP contribution in [-0.4, -0.2) is 52.2 Å². The molecule has 0 bridgehead atoms. The number of carbonyl (C=O) groups excluding carboxylic acids is 2. The van der Waals surface area contributed by atoms with Gasteiger partial charge >= 0.3 is 0 Å². The molecule has 1 heterocycles. The summed E-state index contributed by atoms with van der Waals surface area (Å²) in [5.41, 5.74) is 0.815. The summed E-state index contributed by atoms with van der Waals surface area (Å²) in [6.07, 6.45) is 6.99. The predicted molar refractivity (Wildman–Crippen MR) is 116 cm³/mol. The topological polar surface area (TPSA) is 40.6 Å². The van der Waals surface area contributed by atoms with E-state index in [2.05, 4.69) is 22.6 Å². The largest absolute Gasteiger partial charge is 0.341 e. The van der Waals surface area contributed by atoms with Crippen LogP contribution in [0.2, 0.25) is 10.0 Å². The lowest BCUT2D eigenvalue weighted by Crippen LogP contribution is -2.35. The van der Waals surface area contributed by atoms with Crippen LogP contribution in [0.3, 0.4) is 0 Å². The number of unbranched alkanes of at least 4 members (excludes halogenated alkanes) is 2. The van der Waals surface area contributed by atoms with E-state index in [-0.39, 0.29) is 11.8 Å². The number of nitrogens with zero attached hydrogens (tertiary/aromatic N) is 2. The van der Waals surface area contributed by atoms with Crippen molar-refractivity contribution in [1.29, 1.82) is 0 Å². The Kier molecular flexibility index (Phi) is 9.22. The lowest BCUT2D eigenvalue weighted by atomic mass is 10.2. The van der Waals surface area contributed by atoms with Gasteiger partial charge in [-0.2, -0.15) is 0 Å². The van der Waals surface area contributed by atoms with Crippen LogP contribution in [-0.2, 0) is 9.59 Å². The molecule has 1 saturated heterocycles. The van der Waals surface area contributed by atoms with Gasteiger partial charge in [0.1, 0.15) is 0 Å². The first-order valence-corrected chi connectivity index (χ1v) is 11.0. The molecule has 0 spiro atoms. The molecule has 1 aliphatic heterocycles. The SMILES string of the molecule is O=C(C=Cc1ccc(Cl)c(Cl)c1)N1CCC(=O)N(CCCCCI)CC1. The van der Waals surface area contributed by atoms with Gasteiger partial charge in [-0.1, -0.05) is 58.3 Å². The average molecular weight is 509 g/mol. The van der Waals surface area contributed by atoms with Crippen molar-refractivity contribution in [2.24, 2.45) is 0 Å². The second-order valence-corrected chi connectivity index (χ2v) is 8.11. The molecule has 1 fully saturated rings. The Morgan fingerprint density at radius 3 is 2.65 bits per heavy atom. The van der Waals surface area contributed by atoms with Crippen molar-refractivity contribution in [2.45, 2.75) is 25.7 Å². The van der Waals surface area contributed by atoms with Crippen LogP contribution in [0.5, 0.6) is 0 Å². The summed E-state index contributed by atoms with van der Waals surface area (Å²) in [6.45, 7) is 2.43. The Labute approximate surface area is 178 Å². The molecular weight excluding hydrogens is 486 g/mol. The molecule has 2 rings (SSSR count). The summed E-state index contributed by atoms with van der Waals surface area (Å²) in [4.78, 5) is 28.3. The van der Waals surface area contributed by atoms with Gasteiger partial charge in [0.2, 0.25) is 11.8 Å². The highest BCUT2D eigenvalue weighted by Crippen LogP contribution is 2.23. The zero-order valence-electron chi connectivity index (χ0n) is 14.6. The van der Waals surface area contributed by atoms with Crippen molar-refractivity contribution in [3.05, 3.63) is 39.9 Å². The maximum atomic E-state index is 12.4. The smallest absolute Gasteiger partial charge is 0.246 e. The Hall–Kier alpha value is -0.790. The predicted octanol–water partition coefficient (Wildman–Crippen LogP) is 4.67. The third-order valence-corrected chi connectivity index (χ3v) is 5.83. The molecule has 1 aromatic rings. The van der Waals surface area contributed by atoms with Crippen molar-refractivity contribution >= 4 is 63.7 Å². The number of halogens is 3. The second kappa shape index (κ2) is 11.1. The molecule has 0 radical (unpaired) electrons. The van der Waals surface area contributed by atoms with E-state index in [1.165, 1.54) is 12.5 Å². The van der Waals surface area contributed by atoms with Gasteiger partial charge in [-0.25, -0.2) is 0 Å². The zero-order chi connectivity index (χ0) is 18.9. The van der Waals surface area contributed by atoms with Crippen LogP contribution < -0.4 is 0 Å². The van der Waals surface area contributed by atoms with Gasteiger partial charge in [0, 0.05) is 38.7 Å². The summed E-state index contributed by atoms with van der Waals surface area (Å²) >= 11 is 14.3. The summed E-state index contributed by atoms with van der Waals surface area (Å²) in [5.74, 6) is 0.0545. The molecule has 4 nitrogen and oxygen atoms in total. The van der Waals surface area contributed by atoms with Gasteiger partial charge in [-0.3, -0.25) is 9.59 Å². The van der Waals surface area contributed by atoms with Crippen molar-refractivity contribution < 1.29 is 9.59 Å². The lowest BCUT2D eigenvalue weighted by molar-refractivity contribution is -0.130. The highest BCUT2D eigenvalue weighted by Gasteiger charge is 2.22. The molecule has 1 aliphatic rings. The Morgan fingerprint density at radius 2 is 1.92 bits per heavy atom. The minimum absolute atomic E-state index is 0.0874. The normalized spacial score (nSPS) is 15.6. The maximum Gasteiger partial charge on any atom is 0.246 e. The number of benzene rings is 1. The quantitative estimate of drug-likeness (QED) is 0.232. The van der Waals surface area contributed by atoms with Gasteiger partial charge in [0.15, 0.2) is 0 Å². The minimum Gasteiger partial charge on any atom is -0.341 e. The van der Waals surface area contributed by atoms with E-state index in [1.54, 1.807) is 29.2 Å². The maximum absolute atomic E-state index is 12.4. The third kappa shape index (κ3) is 6.74. The Balaban J connectivity index is 1.88. The fourth-order valence-corrected chi connectivity index (χ4v) is 3.63. The fraction of sp³-hybridized carbons (Fsp3) is 0.474. The number of alkyl halides is 1. The highest BCUT2D eigenvalue weighted by molar-refractivity contribution is 14.1. The number of hydrogen-bond acceptors (Lipinski definition) is 2. The molecule has 0 unspecified atom stereocenters. The van der Waals surface area contributed by atoms with Crippen LogP contribution >= 0.6 is 45.8 Å². The molecule has 0 aliphatic carbocycles. The van der Waals surface area contributed by atoms with Gasteiger partial charge in [0.05, 0.1) is 10.0 Å². The lowest BCUT2D eigenvalue weighted by Gasteiger charge is -2.21. The summed E-state index contributed by atoms with van der Waals surface area (Å²) in [7, 11) is 0. The minimum atomic E-state index is -0.0874. The molecule has 2 amide bonds. The van der Waals surface area contributed by atoms with Gasteiger partial charge in [-0.05, 0) is 41.0 Å². The molecule has 0 saturated carbocycles. The molecule has 0 atom stereocenters. The molecule has 0 aromatic heterocycles. The standard InChI is InChI=1S/C19H23Cl2IN2O2/c20-16-6-4-15(14-17(16)21)5-7-18(25)24-11-8-19(26)23(12-13-24)10-3-1-2-9-22/h4-7,14H,1-3,8-13H2. The number of carbonyl (C=O) groups is 2. The van der Waals surface area contributed by atoms with Crippen LogP contribution in [0.15, 0.2) is 24.3 Å². The molecule has 0 N–H and O–H groups in total. The van der Waals surface area contributed by atoms with Gasteiger partial charge in [-0.15, -0.1) is 0 Å². The van der Waals surface area contributed by atoms with E-state index in [9.17, 15) is 9.59 Å². The van der Waals surface area contributed by atoms with Crippen molar-refractivity contribution in [3.63, 3.8) is 0 Å². The zero-order valence-corrected chi connectivity index (χ0v) is 18.3. The van der Waals surface area contributed by atoms with E-state index in [0.717, 1.165) is 29.4 Å². The molecule has 26 heavy (non-hydrogen) atoms. The third-order valence-electron chi connectivity index (χ3n) is 4.32. The summed E-state index contributed by atoms with van der Waals surface area (Å²) < 4.78 is 1.15. The summed E-state index contributed by atoms with van der Waals surface area (Å²) in [5, 5.41) is 0.944. The number of amides is 2. The van der Waals surface area contributed by atoms with Gasteiger partial charge < -0.3 is 9.80 Å². The average Bonchev–Trinajstić information content (AvgIpc) is 2.81. The number of rotatable bonds is 7. The van der Waals surface area contributed by atoms with Crippen LogP contribution in [0.25, 0.3) is 6.08 Å². The molecule has 1 aromatic carbocycles. The van der Waals surface area contributed by atoms with E-state index < -0.39 is 0 Å². The second-order valence-electron chi connectivity index (χ2n) is 6.21. The van der Waals surface area contributed by atoms with Crippen molar-refractivity contribution in [3.8, 4) is 0 Å². The first-order valence-electron chi connectivity index (χ1n) is 8.77. The molecule has 7 heteroatoms. The van der Waals surface area contributed by atoms with E-state index >= 15 is 0 Å². The molecule has 142 valence electrons. The van der Waals surface area contributed by atoms with E-state index in [0.29, 0.717) is 36.1 Å². The monoisotopic (exact) mass is 508 g/mol. The molecular formula is C19H23Cl2IN2O2. The van der Waals surface area contributed by atoms with Gasteiger partial charge in [0.25, 0.3) is 0 Å². The van der Waals surface area contributed by atoms with E-state index in [4.69, 9.17) is 23.2 Å². The fourth-order valence-electron chi connectivity index (χ4n) is 2.79. The summed E-state index contributed by atoms with van der Waals surface area (Å²) in [6, 6.07) is 5.23. The van der Waals surface area contributed by atoms with E-state index in [1.807, 2.05) is 4.90 Å². The first kappa shape index (κ1) is 21.5. The van der Waals surface area contributed by atoms with Crippen LogP contribution in [0.4, 0.5) is 0 Å². The van der Waals surface area contributed by atoms with Crippen LogP contribution in [0, 0.1) is 0 Å². The Bertz CT molecular complexity index is 667. The van der Waals surface area contributed by atoms with Crippen molar-refractivity contribution in [1.82, 2.24) is 9.80 Å². The highest BCUT2D eigenvalue weighted by atomic mass is 127. The first-order chi connectivity index (χ1) is 12.5. The van der Waals surface area contributed by atoms with Crippen LogP contribution in [0.1, 0.15) is 31.2 Å². The van der Waals surface area contributed by atoms with Crippen molar-refractivity contribution in [2.75, 3.05) is 30.6 Å². The Morgan fingerprint density at radius 1 is 1.12 bits per heavy atom.